The van der Waals surface area contributed by atoms with Crippen molar-refractivity contribution in [2.45, 2.75) is 19.4 Å². The van der Waals surface area contributed by atoms with E-state index in [9.17, 15) is 0 Å². The smallest absolute Gasteiger partial charge is 0.122 e. The van der Waals surface area contributed by atoms with Crippen LogP contribution in [0.5, 0.6) is 5.75 Å². The first-order valence-corrected chi connectivity index (χ1v) is 4.67. The number of hydrogen-bond acceptors (Lipinski definition) is 3. The minimum atomic E-state index is -0.216. The summed E-state index contributed by atoms with van der Waals surface area (Å²) in [5.41, 5.74) is 7.86. The number of aryl methyl sites for hydroxylation is 1. The lowest BCUT2D eigenvalue weighted by Crippen LogP contribution is -2.27. The fourth-order valence-electron chi connectivity index (χ4n) is 1.37. The number of aliphatic hydroxyl groups is 1. The number of hydrogen-bond donors (Lipinski definition) is 2. The summed E-state index contributed by atoms with van der Waals surface area (Å²) in [5, 5.41) is 8.85. The molecule has 0 fully saturated rings. The molecule has 14 heavy (non-hydrogen) atoms. The van der Waals surface area contributed by atoms with Gasteiger partial charge in [-0.3, -0.25) is 0 Å². The number of rotatable bonds is 4. The molecule has 0 spiro atoms. The van der Waals surface area contributed by atoms with Gasteiger partial charge < -0.3 is 15.6 Å². The molecule has 3 N–H and O–H groups in total. The summed E-state index contributed by atoms with van der Waals surface area (Å²) < 4.78 is 5.23. The van der Waals surface area contributed by atoms with Crippen molar-refractivity contribution in [1.82, 2.24) is 0 Å². The molecule has 78 valence electrons. The second kappa shape index (κ2) is 4.98. The fraction of sp³-hybridized carbons (Fsp3) is 0.455. The highest BCUT2D eigenvalue weighted by molar-refractivity contribution is 5.37. The van der Waals surface area contributed by atoms with E-state index >= 15 is 0 Å². The summed E-state index contributed by atoms with van der Waals surface area (Å²) in [6.07, 6.45) is 0.639. The lowest BCUT2D eigenvalue weighted by atomic mass is 10.0. The molecule has 0 radical (unpaired) electrons. The minimum absolute atomic E-state index is 0.00295. The van der Waals surface area contributed by atoms with Gasteiger partial charge in [-0.25, -0.2) is 0 Å². The van der Waals surface area contributed by atoms with Crippen LogP contribution >= 0.6 is 0 Å². The van der Waals surface area contributed by atoms with E-state index in [0.29, 0.717) is 6.42 Å². The second-order valence-corrected chi connectivity index (χ2v) is 3.46. The topological polar surface area (TPSA) is 55.5 Å². The van der Waals surface area contributed by atoms with Crippen molar-refractivity contribution in [1.29, 1.82) is 0 Å². The van der Waals surface area contributed by atoms with Gasteiger partial charge in [0.15, 0.2) is 0 Å². The molecule has 1 rings (SSSR count). The minimum Gasteiger partial charge on any atom is -0.496 e. The molecule has 0 saturated heterocycles. The van der Waals surface area contributed by atoms with E-state index in [1.807, 2.05) is 25.1 Å². The van der Waals surface area contributed by atoms with Crippen LogP contribution in [0.25, 0.3) is 0 Å². The van der Waals surface area contributed by atoms with Crippen molar-refractivity contribution in [3.05, 3.63) is 29.3 Å². The molecule has 0 amide bonds. The average Bonchev–Trinajstić information content (AvgIpc) is 2.20. The normalized spacial score (nSPS) is 12.6. The molecular weight excluding hydrogens is 178 g/mol. The van der Waals surface area contributed by atoms with Gasteiger partial charge in [0.1, 0.15) is 5.75 Å². The van der Waals surface area contributed by atoms with Gasteiger partial charge in [-0.15, -0.1) is 0 Å². The van der Waals surface area contributed by atoms with Crippen molar-refractivity contribution >= 4 is 0 Å². The Bertz CT molecular complexity index is 299. The van der Waals surface area contributed by atoms with Crippen LogP contribution in [0, 0.1) is 6.92 Å². The molecule has 0 saturated carbocycles. The highest BCUT2D eigenvalue weighted by Gasteiger charge is 2.07. The first-order chi connectivity index (χ1) is 6.67. The average molecular weight is 195 g/mol. The molecule has 1 atom stereocenters. The van der Waals surface area contributed by atoms with Gasteiger partial charge in [0.25, 0.3) is 0 Å². The van der Waals surface area contributed by atoms with Crippen LogP contribution in [-0.4, -0.2) is 24.9 Å². The molecule has 0 heterocycles. The van der Waals surface area contributed by atoms with E-state index in [-0.39, 0.29) is 12.6 Å². The van der Waals surface area contributed by atoms with Crippen LogP contribution in [0.2, 0.25) is 0 Å². The SMILES string of the molecule is COc1cc(C)ccc1CC(N)CO. The Hall–Kier alpha value is -1.06. The molecule has 0 bridgehead atoms. The molecule has 3 nitrogen and oxygen atoms in total. The number of methoxy groups -OCH3 is 1. The second-order valence-electron chi connectivity index (χ2n) is 3.46. The van der Waals surface area contributed by atoms with Crippen molar-refractivity contribution in [2.75, 3.05) is 13.7 Å². The Kier molecular flexibility index (Phi) is 3.92. The molecule has 0 aliphatic heterocycles. The summed E-state index contributed by atoms with van der Waals surface area (Å²) in [7, 11) is 1.64. The van der Waals surface area contributed by atoms with E-state index in [1.165, 1.54) is 0 Å². The van der Waals surface area contributed by atoms with Crippen LogP contribution in [0.4, 0.5) is 0 Å². The third kappa shape index (κ3) is 2.72. The monoisotopic (exact) mass is 195 g/mol. The fourth-order valence-corrected chi connectivity index (χ4v) is 1.37. The lowest BCUT2D eigenvalue weighted by molar-refractivity contribution is 0.264. The summed E-state index contributed by atoms with van der Waals surface area (Å²) in [6.45, 7) is 2.01. The van der Waals surface area contributed by atoms with E-state index < -0.39 is 0 Å². The zero-order chi connectivity index (χ0) is 10.6. The van der Waals surface area contributed by atoms with Crippen LogP contribution < -0.4 is 10.5 Å². The van der Waals surface area contributed by atoms with Crippen molar-refractivity contribution in [3.63, 3.8) is 0 Å². The highest BCUT2D eigenvalue weighted by Crippen LogP contribution is 2.20. The van der Waals surface area contributed by atoms with Crippen LogP contribution in [0.15, 0.2) is 18.2 Å². The largest absolute Gasteiger partial charge is 0.496 e. The van der Waals surface area contributed by atoms with E-state index in [1.54, 1.807) is 7.11 Å². The first kappa shape index (κ1) is 11.0. The molecule has 0 aromatic heterocycles. The Morgan fingerprint density at radius 1 is 1.50 bits per heavy atom. The molecular formula is C11H17NO2. The van der Waals surface area contributed by atoms with Crippen molar-refractivity contribution in [3.8, 4) is 5.75 Å². The van der Waals surface area contributed by atoms with Crippen LogP contribution in [-0.2, 0) is 6.42 Å². The predicted molar refractivity (Wildman–Crippen MR) is 56.5 cm³/mol. The quantitative estimate of drug-likeness (QED) is 0.749. The highest BCUT2D eigenvalue weighted by atomic mass is 16.5. The summed E-state index contributed by atoms with van der Waals surface area (Å²) >= 11 is 0. The summed E-state index contributed by atoms with van der Waals surface area (Å²) in [6, 6.07) is 5.76. The Morgan fingerprint density at radius 3 is 2.79 bits per heavy atom. The van der Waals surface area contributed by atoms with Crippen molar-refractivity contribution in [2.24, 2.45) is 5.73 Å². The van der Waals surface area contributed by atoms with Gasteiger partial charge >= 0.3 is 0 Å². The third-order valence-electron chi connectivity index (χ3n) is 2.16. The number of ether oxygens (including phenoxy) is 1. The number of aliphatic hydroxyl groups excluding tert-OH is 1. The molecule has 1 aromatic carbocycles. The zero-order valence-electron chi connectivity index (χ0n) is 8.66. The zero-order valence-corrected chi connectivity index (χ0v) is 8.66. The van der Waals surface area contributed by atoms with Gasteiger partial charge in [-0.2, -0.15) is 0 Å². The number of nitrogens with two attached hydrogens (primary N) is 1. The number of benzene rings is 1. The Balaban J connectivity index is 2.85. The van der Waals surface area contributed by atoms with Gasteiger partial charge in [-0.1, -0.05) is 12.1 Å². The summed E-state index contributed by atoms with van der Waals surface area (Å²) in [5.74, 6) is 0.842. The maximum atomic E-state index is 8.85. The van der Waals surface area contributed by atoms with Gasteiger partial charge in [0, 0.05) is 6.04 Å². The summed E-state index contributed by atoms with van der Waals surface area (Å²) in [4.78, 5) is 0. The van der Waals surface area contributed by atoms with Gasteiger partial charge in [0.05, 0.1) is 13.7 Å². The maximum Gasteiger partial charge on any atom is 0.122 e. The van der Waals surface area contributed by atoms with E-state index in [2.05, 4.69) is 0 Å². The molecule has 0 aliphatic carbocycles. The Morgan fingerprint density at radius 2 is 2.21 bits per heavy atom. The van der Waals surface area contributed by atoms with Gasteiger partial charge in [-0.05, 0) is 30.5 Å². The van der Waals surface area contributed by atoms with Crippen molar-refractivity contribution < 1.29 is 9.84 Å². The molecule has 0 aliphatic rings. The predicted octanol–water partition coefficient (Wildman–Crippen LogP) is 0.866. The molecule has 1 unspecified atom stereocenters. The third-order valence-corrected chi connectivity index (χ3v) is 2.16. The molecule has 1 aromatic rings. The van der Waals surface area contributed by atoms with Gasteiger partial charge in [0.2, 0.25) is 0 Å². The molecule has 3 heteroatoms. The van der Waals surface area contributed by atoms with E-state index in [0.717, 1.165) is 16.9 Å². The first-order valence-electron chi connectivity index (χ1n) is 4.67. The maximum absolute atomic E-state index is 8.85. The van der Waals surface area contributed by atoms with Crippen LogP contribution in [0.1, 0.15) is 11.1 Å². The lowest BCUT2D eigenvalue weighted by Gasteiger charge is -2.12. The standard InChI is InChI=1S/C11H17NO2/c1-8-3-4-9(6-10(12)7-13)11(5-8)14-2/h3-5,10,13H,6-7,12H2,1-2H3. The Labute approximate surface area is 84.5 Å². The van der Waals surface area contributed by atoms with Crippen LogP contribution in [0.3, 0.4) is 0 Å². The van der Waals surface area contributed by atoms with E-state index in [4.69, 9.17) is 15.6 Å².